The molecule has 0 aromatic heterocycles. The number of hydrogen-bond acceptors (Lipinski definition) is 3. The third-order valence-electron chi connectivity index (χ3n) is 4.18. The maximum atomic E-state index is 7.61. The van der Waals surface area contributed by atoms with Crippen molar-refractivity contribution in [3.8, 4) is 16.9 Å². The number of hydrogen-bond donors (Lipinski definition) is 3. The van der Waals surface area contributed by atoms with Gasteiger partial charge in [0.25, 0.3) is 0 Å². The van der Waals surface area contributed by atoms with Gasteiger partial charge in [0.2, 0.25) is 0 Å². The Morgan fingerprint density at radius 1 is 0.769 bits per heavy atom. The van der Waals surface area contributed by atoms with E-state index in [9.17, 15) is 0 Å². The minimum Gasteiger partial charge on any atom is -0.489 e. The van der Waals surface area contributed by atoms with Crippen LogP contribution in [0.1, 0.15) is 23.6 Å². The summed E-state index contributed by atoms with van der Waals surface area (Å²) < 4.78 is 5.81. The van der Waals surface area contributed by atoms with Gasteiger partial charge in [-0.3, -0.25) is 5.41 Å². The number of benzene rings is 3. The molecule has 26 heavy (non-hydrogen) atoms. The predicted molar refractivity (Wildman–Crippen MR) is 106 cm³/mol. The lowest BCUT2D eigenvalue weighted by molar-refractivity contribution is 0.306. The van der Waals surface area contributed by atoms with E-state index in [0.717, 1.165) is 33.6 Å². The number of nitrogen functional groups attached to an aromatic ring is 1. The Bertz CT molecular complexity index is 911. The highest BCUT2D eigenvalue weighted by Gasteiger charge is 2.02. The molecule has 3 rings (SSSR count). The maximum Gasteiger partial charge on any atom is 0.122 e. The van der Waals surface area contributed by atoms with E-state index >= 15 is 0 Å². The van der Waals surface area contributed by atoms with Crippen LogP contribution in [-0.2, 0) is 6.61 Å². The summed E-state index contributed by atoms with van der Waals surface area (Å²) in [6.45, 7) is 2.26. The first kappa shape index (κ1) is 17.4. The quantitative estimate of drug-likeness (QED) is 0.451. The van der Waals surface area contributed by atoms with E-state index in [1.807, 2.05) is 60.7 Å². The highest BCUT2D eigenvalue weighted by Crippen LogP contribution is 2.21. The third kappa shape index (κ3) is 4.16. The molecule has 3 aromatic rings. The van der Waals surface area contributed by atoms with Crippen LogP contribution in [0.5, 0.6) is 5.75 Å². The molecule has 0 fully saturated rings. The van der Waals surface area contributed by atoms with Crippen molar-refractivity contribution in [1.82, 2.24) is 0 Å². The van der Waals surface area contributed by atoms with E-state index in [0.29, 0.717) is 12.3 Å². The van der Waals surface area contributed by atoms with E-state index in [-0.39, 0.29) is 5.84 Å². The lowest BCUT2D eigenvalue weighted by atomic mass is 10.0. The first-order valence-corrected chi connectivity index (χ1v) is 8.35. The molecule has 0 saturated carbocycles. The highest BCUT2D eigenvalue weighted by molar-refractivity contribution is 5.96. The summed E-state index contributed by atoms with van der Waals surface area (Å²) in [5.74, 6) is 0.867. The summed E-state index contributed by atoms with van der Waals surface area (Å²) in [7, 11) is 0. The van der Waals surface area contributed by atoms with Crippen molar-refractivity contribution in [3.05, 3.63) is 89.5 Å². The van der Waals surface area contributed by atoms with E-state index in [1.54, 1.807) is 6.92 Å². The maximum absolute atomic E-state index is 7.61. The first-order chi connectivity index (χ1) is 12.5. The van der Waals surface area contributed by atoms with Crippen molar-refractivity contribution in [2.45, 2.75) is 13.5 Å². The molecule has 0 heterocycles. The molecule has 4 N–H and O–H groups in total. The van der Waals surface area contributed by atoms with E-state index in [2.05, 4.69) is 12.1 Å². The Kier molecular flexibility index (Phi) is 5.13. The smallest absolute Gasteiger partial charge is 0.122 e. The van der Waals surface area contributed by atoms with Crippen molar-refractivity contribution >= 4 is 11.5 Å². The Balaban J connectivity index is 1.64. The van der Waals surface area contributed by atoms with Gasteiger partial charge in [-0.15, -0.1) is 0 Å². The summed E-state index contributed by atoms with van der Waals surface area (Å²) >= 11 is 0. The fourth-order valence-electron chi connectivity index (χ4n) is 2.60. The Hall–Kier alpha value is -3.40. The van der Waals surface area contributed by atoms with Crippen molar-refractivity contribution < 1.29 is 4.74 Å². The summed E-state index contributed by atoms with van der Waals surface area (Å²) in [5, 5.41) is 15.1. The van der Waals surface area contributed by atoms with Gasteiger partial charge < -0.3 is 15.9 Å². The SMILES string of the molecule is CC(=N)c1ccc(OCc2ccc(-c3ccc(C(=N)N)cc3)cc2)cc1. The molecule has 0 aliphatic rings. The molecule has 130 valence electrons. The van der Waals surface area contributed by atoms with Gasteiger partial charge in [0.1, 0.15) is 18.2 Å². The molecule has 0 saturated heterocycles. The van der Waals surface area contributed by atoms with Gasteiger partial charge in [0.05, 0.1) is 0 Å². The average molecular weight is 343 g/mol. The third-order valence-corrected chi connectivity index (χ3v) is 4.18. The molecule has 0 spiro atoms. The topological polar surface area (TPSA) is 83.0 Å². The average Bonchev–Trinajstić information content (AvgIpc) is 2.67. The minimum absolute atomic E-state index is 0.0767. The second-order valence-corrected chi connectivity index (χ2v) is 6.13. The monoisotopic (exact) mass is 343 g/mol. The van der Waals surface area contributed by atoms with Crippen LogP contribution >= 0.6 is 0 Å². The Morgan fingerprint density at radius 2 is 1.27 bits per heavy atom. The van der Waals surface area contributed by atoms with Crippen molar-refractivity contribution in [2.75, 3.05) is 0 Å². The van der Waals surface area contributed by atoms with Crippen LogP contribution < -0.4 is 10.5 Å². The standard InChI is InChI=1S/C22H21N3O/c1-15(23)17-10-12-21(13-11-17)26-14-16-2-4-18(5-3-16)19-6-8-20(9-7-19)22(24)25/h2-13,23H,14H2,1H3,(H3,24,25). The van der Waals surface area contributed by atoms with Crippen molar-refractivity contribution in [3.63, 3.8) is 0 Å². The van der Waals surface area contributed by atoms with E-state index in [4.69, 9.17) is 21.3 Å². The molecule has 0 atom stereocenters. The minimum atomic E-state index is 0.0767. The van der Waals surface area contributed by atoms with Crippen LogP contribution in [0.4, 0.5) is 0 Å². The molecule has 0 radical (unpaired) electrons. The number of nitrogens with two attached hydrogens (primary N) is 1. The zero-order valence-electron chi connectivity index (χ0n) is 14.6. The summed E-state index contributed by atoms with van der Waals surface area (Å²) in [4.78, 5) is 0. The van der Waals surface area contributed by atoms with E-state index in [1.165, 1.54) is 0 Å². The number of amidine groups is 1. The summed E-state index contributed by atoms with van der Waals surface area (Å²) in [6, 6.07) is 23.4. The fourth-order valence-corrected chi connectivity index (χ4v) is 2.60. The second-order valence-electron chi connectivity index (χ2n) is 6.13. The van der Waals surface area contributed by atoms with E-state index < -0.39 is 0 Å². The van der Waals surface area contributed by atoms with Crippen LogP contribution in [0.25, 0.3) is 11.1 Å². The lowest BCUT2D eigenvalue weighted by Gasteiger charge is -2.08. The Morgan fingerprint density at radius 3 is 1.77 bits per heavy atom. The molecular weight excluding hydrogens is 322 g/mol. The van der Waals surface area contributed by atoms with Crippen LogP contribution in [0.3, 0.4) is 0 Å². The summed E-state index contributed by atoms with van der Waals surface area (Å²) in [6.07, 6.45) is 0. The molecule has 0 bridgehead atoms. The van der Waals surface area contributed by atoms with Gasteiger partial charge in [-0.05, 0) is 53.4 Å². The predicted octanol–water partition coefficient (Wildman–Crippen LogP) is 4.60. The number of rotatable bonds is 6. The zero-order chi connectivity index (χ0) is 18.5. The largest absolute Gasteiger partial charge is 0.489 e. The fraction of sp³-hybridized carbons (Fsp3) is 0.0909. The van der Waals surface area contributed by atoms with Crippen molar-refractivity contribution in [2.24, 2.45) is 5.73 Å². The molecular formula is C22H21N3O. The van der Waals surface area contributed by atoms with Gasteiger partial charge in [-0.1, -0.05) is 48.5 Å². The molecule has 0 aliphatic heterocycles. The first-order valence-electron chi connectivity index (χ1n) is 8.35. The second kappa shape index (κ2) is 7.66. The van der Waals surface area contributed by atoms with Crippen LogP contribution in [0.15, 0.2) is 72.8 Å². The zero-order valence-corrected chi connectivity index (χ0v) is 14.6. The molecule has 4 nitrogen and oxygen atoms in total. The Labute approximate surface area is 153 Å². The van der Waals surface area contributed by atoms with Crippen LogP contribution in [0.2, 0.25) is 0 Å². The molecule has 0 amide bonds. The molecule has 3 aromatic carbocycles. The highest BCUT2D eigenvalue weighted by atomic mass is 16.5. The van der Waals surface area contributed by atoms with Gasteiger partial charge in [-0.25, -0.2) is 0 Å². The number of nitrogens with one attached hydrogen (secondary N) is 2. The number of ether oxygens (including phenoxy) is 1. The molecule has 0 unspecified atom stereocenters. The normalized spacial score (nSPS) is 10.3. The molecule has 0 aliphatic carbocycles. The van der Waals surface area contributed by atoms with Gasteiger partial charge >= 0.3 is 0 Å². The van der Waals surface area contributed by atoms with Crippen molar-refractivity contribution in [1.29, 1.82) is 10.8 Å². The van der Waals surface area contributed by atoms with Gasteiger partial charge in [-0.2, -0.15) is 0 Å². The summed E-state index contributed by atoms with van der Waals surface area (Å²) in [5.41, 5.74) is 10.9. The lowest BCUT2D eigenvalue weighted by Crippen LogP contribution is -2.10. The van der Waals surface area contributed by atoms with Gasteiger partial charge in [0.15, 0.2) is 0 Å². The van der Waals surface area contributed by atoms with Crippen LogP contribution in [0, 0.1) is 10.8 Å². The molecule has 4 heteroatoms. The van der Waals surface area contributed by atoms with Crippen LogP contribution in [-0.4, -0.2) is 11.5 Å². The van der Waals surface area contributed by atoms with Gasteiger partial charge in [0, 0.05) is 11.3 Å².